The first kappa shape index (κ1) is 24.6. The molecule has 0 saturated heterocycles. The number of anilines is 1. The van der Waals surface area contributed by atoms with Gasteiger partial charge in [0.15, 0.2) is 0 Å². The Morgan fingerprint density at radius 1 is 0.939 bits per heavy atom. The molecule has 0 radical (unpaired) electrons. The summed E-state index contributed by atoms with van der Waals surface area (Å²) in [6, 6.07) is 20.7. The monoisotopic (exact) mass is 465 g/mol. The van der Waals surface area contributed by atoms with Crippen LogP contribution in [-0.2, 0) is 16.0 Å². The molecular weight excluding hydrogens is 434 g/mol. The number of carbonyl (C=O) groups excluding carboxylic acids is 2. The van der Waals surface area contributed by atoms with E-state index in [1.807, 2.05) is 79.1 Å². The number of nitrogens with one attached hydrogen (secondary N) is 2. The Morgan fingerprint density at radius 3 is 2.27 bits per heavy atom. The van der Waals surface area contributed by atoms with Crippen LogP contribution >= 0.6 is 11.9 Å². The largest absolute Gasteiger partial charge is 0.444 e. The summed E-state index contributed by atoms with van der Waals surface area (Å²) in [6.07, 6.45) is -0.278. The fourth-order valence-corrected chi connectivity index (χ4v) is 4.20. The van der Waals surface area contributed by atoms with E-state index in [1.165, 1.54) is 0 Å². The lowest BCUT2D eigenvalue weighted by Crippen LogP contribution is -2.47. The van der Waals surface area contributed by atoms with Gasteiger partial charge in [-0.05, 0) is 69.9 Å². The van der Waals surface area contributed by atoms with Crippen LogP contribution in [0.15, 0.2) is 71.6 Å². The van der Waals surface area contributed by atoms with E-state index in [1.54, 1.807) is 32.7 Å². The first-order valence-electron chi connectivity index (χ1n) is 10.8. The van der Waals surface area contributed by atoms with Gasteiger partial charge in [0.25, 0.3) is 0 Å². The lowest BCUT2D eigenvalue weighted by molar-refractivity contribution is -0.118. The van der Waals surface area contributed by atoms with Gasteiger partial charge in [-0.2, -0.15) is 0 Å². The van der Waals surface area contributed by atoms with Gasteiger partial charge in [-0.1, -0.05) is 54.6 Å². The molecule has 0 bridgehead atoms. The maximum atomic E-state index is 13.3. The summed E-state index contributed by atoms with van der Waals surface area (Å²) in [4.78, 5) is 26.9. The van der Waals surface area contributed by atoms with E-state index in [4.69, 9.17) is 4.74 Å². The number of alkyl carbamates (subject to hydrolysis) is 1. The molecule has 6 nitrogen and oxygen atoms in total. The van der Waals surface area contributed by atoms with Crippen LogP contribution in [0.1, 0.15) is 26.3 Å². The van der Waals surface area contributed by atoms with Gasteiger partial charge in [0.2, 0.25) is 5.91 Å². The highest BCUT2D eigenvalue weighted by Gasteiger charge is 2.25. The molecule has 3 aromatic carbocycles. The predicted octanol–water partition coefficient (Wildman–Crippen LogP) is 5.48. The number of carbonyl (C=O) groups is 2. The molecule has 0 saturated carbocycles. The van der Waals surface area contributed by atoms with Crippen molar-refractivity contribution in [2.24, 2.45) is 0 Å². The minimum Gasteiger partial charge on any atom is -0.444 e. The molecule has 3 rings (SSSR count). The Kier molecular flexibility index (Phi) is 8.00. The topological polar surface area (TPSA) is 70.7 Å². The summed E-state index contributed by atoms with van der Waals surface area (Å²) in [7, 11) is 3.98. The Hall–Kier alpha value is -3.03. The SMILES string of the molecule is CN(C)Sc1cccc2c(NC(=O)C(Cc3ccccc3)NC(=O)OC(C)(C)C)cccc12. The summed E-state index contributed by atoms with van der Waals surface area (Å²) in [6.45, 7) is 5.37. The molecule has 33 heavy (non-hydrogen) atoms. The number of amides is 2. The molecule has 0 aliphatic carbocycles. The van der Waals surface area contributed by atoms with E-state index in [-0.39, 0.29) is 5.91 Å². The highest BCUT2D eigenvalue weighted by molar-refractivity contribution is 7.97. The zero-order chi connectivity index (χ0) is 24.0. The minimum atomic E-state index is -0.795. The maximum absolute atomic E-state index is 13.3. The third kappa shape index (κ3) is 7.23. The number of hydrogen-bond donors (Lipinski definition) is 2. The Balaban J connectivity index is 1.86. The second kappa shape index (κ2) is 10.7. The number of hydrogen-bond acceptors (Lipinski definition) is 5. The van der Waals surface area contributed by atoms with Gasteiger partial charge in [0.1, 0.15) is 11.6 Å². The number of rotatable bonds is 7. The molecule has 0 fully saturated rings. The third-order valence-corrected chi connectivity index (χ3v) is 5.63. The van der Waals surface area contributed by atoms with Crippen LogP contribution in [0.2, 0.25) is 0 Å². The van der Waals surface area contributed by atoms with Crippen molar-refractivity contribution >= 4 is 40.4 Å². The van der Waals surface area contributed by atoms with Gasteiger partial charge in [-0.25, -0.2) is 4.79 Å². The van der Waals surface area contributed by atoms with Gasteiger partial charge in [-0.3, -0.25) is 9.10 Å². The summed E-state index contributed by atoms with van der Waals surface area (Å²) in [5, 5.41) is 7.75. The number of benzene rings is 3. The maximum Gasteiger partial charge on any atom is 0.408 e. The zero-order valence-corrected chi connectivity index (χ0v) is 20.5. The lowest BCUT2D eigenvalue weighted by Gasteiger charge is -2.23. The average Bonchev–Trinajstić information content (AvgIpc) is 2.73. The van der Waals surface area contributed by atoms with Crippen molar-refractivity contribution in [3.8, 4) is 0 Å². The summed E-state index contributed by atoms with van der Waals surface area (Å²) in [5.74, 6) is -0.303. The normalized spacial score (nSPS) is 12.4. The molecule has 0 heterocycles. The van der Waals surface area contributed by atoms with Crippen molar-refractivity contribution in [1.29, 1.82) is 0 Å². The van der Waals surface area contributed by atoms with Crippen molar-refractivity contribution in [1.82, 2.24) is 9.62 Å². The molecule has 0 aliphatic heterocycles. The second-order valence-electron chi connectivity index (χ2n) is 8.94. The van der Waals surface area contributed by atoms with Gasteiger partial charge >= 0.3 is 6.09 Å². The first-order chi connectivity index (χ1) is 15.6. The summed E-state index contributed by atoms with van der Waals surface area (Å²) in [5.41, 5.74) is 0.979. The van der Waals surface area contributed by atoms with E-state index in [0.717, 1.165) is 21.2 Å². The van der Waals surface area contributed by atoms with E-state index >= 15 is 0 Å². The lowest BCUT2D eigenvalue weighted by atomic mass is 10.0. The van der Waals surface area contributed by atoms with Crippen molar-refractivity contribution in [3.63, 3.8) is 0 Å². The molecule has 7 heteroatoms. The zero-order valence-electron chi connectivity index (χ0n) is 19.7. The van der Waals surface area contributed by atoms with Crippen LogP contribution in [0, 0.1) is 0 Å². The molecule has 2 amide bonds. The Labute approximate surface area is 199 Å². The van der Waals surface area contributed by atoms with Gasteiger partial charge in [-0.15, -0.1) is 0 Å². The number of fused-ring (bicyclic) bond motifs is 1. The van der Waals surface area contributed by atoms with Crippen LogP contribution in [0.4, 0.5) is 10.5 Å². The number of nitrogens with zero attached hydrogens (tertiary/aromatic N) is 1. The van der Waals surface area contributed by atoms with Crippen molar-refractivity contribution in [2.45, 2.75) is 43.7 Å². The van der Waals surface area contributed by atoms with Gasteiger partial charge in [0, 0.05) is 22.4 Å². The van der Waals surface area contributed by atoms with Crippen LogP contribution in [0.25, 0.3) is 10.8 Å². The quantitative estimate of drug-likeness (QED) is 0.452. The van der Waals surface area contributed by atoms with Gasteiger partial charge < -0.3 is 15.4 Å². The van der Waals surface area contributed by atoms with Gasteiger partial charge in [0.05, 0.1) is 0 Å². The highest BCUT2D eigenvalue weighted by atomic mass is 32.2. The molecule has 2 N–H and O–H groups in total. The van der Waals surface area contributed by atoms with Crippen LogP contribution in [-0.4, -0.2) is 42.0 Å². The summed E-state index contributed by atoms with van der Waals surface area (Å²) >= 11 is 1.62. The van der Waals surface area contributed by atoms with E-state index in [2.05, 4.69) is 16.7 Å². The van der Waals surface area contributed by atoms with E-state index < -0.39 is 17.7 Å². The molecule has 3 aromatic rings. The average molecular weight is 466 g/mol. The minimum absolute atomic E-state index is 0.303. The Morgan fingerprint density at radius 2 is 1.61 bits per heavy atom. The predicted molar refractivity (Wildman–Crippen MR) is 135 cm³/mol. The third-order valence-electron chi connectivity index (χ3n) is 4.71. The molecule has 0 aromatic heterocycles. The van der Waals surface area contributed by atoms with Crippen LogP contribution < -0.4 is 10.6 Å². The fourth-order valence-electron chi connectivity index (χ4n) is 3.40. The summed E-state index contributed by atoms with van der Waals surface area (Å²) < 4.78 is 7.42. The molecule has 0 spiro atoms. The fraction of sp³-hybridized carbons (Fsp3) is 0.308. The van der Waals surface area contributed by atoms with E-state index in [9.17, 15) is 9.59 Å². The highest BCUT2D eigenvalue weighted by Crippen LogP contribution is 2.32. The standard InChI is InChI=1S/C26H31N3O3S/c1-26(2,3)32-25(31)28-22(17-18-11-7-6-8-12-18)24(30)27-21-15-9-14-20-19(21)13-10-16-23(20)33-29(4)5/h6-16,22H,17H2,1-5H3,(H,27,30)(H,28,31). The molecule has 1 atom stereocenters. The number of ether oxygens (including phenoxy) is 1. The molecule has 0 aliphatic rings. The van der Waals surface area contributed by atoms with E-state index in [0.29, 0.717) is 12.1 Å². The van der Waals surface area contributed by atoms with Crippen LogP contribution in [0.5, 0.6) is 0 Å². The van der Waals surface area contributed by atoms with Crippen molar-refractivity contribution in [3.05, 3.63) is 72.3 Å². The van der Waals surface area contributed by atoms with Crippen LogP contribution in [0.3, 0.4) is 0 Å². The second-order valence-corrected chi connectivity index (χ2v) is 10.3. The first-order valence-corrected chi connectivity index (χ1v) is 11.6. The Bertz CT molecular complexity index is 1110. The smallest absolute Gasteiger partial charge is 0.408 e. The molecule has 174 valence electrons. The van der Waals surface area contributed by atoms with Crippen molar-refractivity contribution < 1.29 is 14.3 Å². The van der Waals surface area contributed by atoms with Crippen molar-refractivity contribution in [2.75, 3.05) is 19.4 Å². The molecule has 1 unspecified atom stereocenters. The molecular formula is C26H31N3O3S.